The molecule has 0 aromatic heterocycles. The monoisotopic (exact) mass is 233 g/mol. The van der Waals surface area contributed by atoms with Crippen LogP contribution in [0.25, 0.3) is 0 Å². The first-order chi connectivity index (χ1) is 7.95. The fraction of sp³-hybridized carbons (Fsp3) is 0.571. The van der Waals surface area contributed by atoms with Crippen LogP contribution in [0.2, 0.25) is 0 Å². The summed E-state index contributed by atoms with van der Waals surface area (Å²) in [7, 11) is 2.72. The van der Waals surface area contributed by atoms with Crippen LogP contribution < -0.4 is 10.2 Å². The SMILES string of the molecule is COc1ccc(BN(C(C)C)C(C)C)cc1C. The molecule has 1 aromatic rings. The van der Waals surface area contributed by atoms with Gasteiger partial charge >= 0.3 is 0 Å². The van der Waals surface area contributed by atoms with Crippen LogP contribution in [0.1, 0.15) is 33.3 Å². The molecule has 0 unspecified atom stereocenters. The Bertz CT molecular complexity index is 355. The summed E-state index contributed by atoms with van der Waals surface area (Å²) in [5, 5.41) is 0. The molecule has 0 fully saturated rings. The minimum Gasteiger partial charge on any atom is -0.496 e. The molecular weight excluding hydrogens is 209 g/mol. The second kappa shape index (κ2) is 6.11. The highest BCUT2D eigenvalue weighted by atomic mass is 16.5. The van der Waals surface area contributed by atoms with Crippen LogP contribution in [0, 0.1) is 6.92 Å². The van der Waals surface area contributed by atoms with Gasteiger partial charge in [0.15, 0.2) is 0 Å². The first-order valence-electron chi connectivity index (χ1n) is 6.35. The summed E-state index contributed by atoms with van der Waals surface area (Å²) in [5.74, 6) is 0.967. The Morgan fingerprint density at radius 3 is 2.12 bits per heavy atom. The van der Waals surface area contributed by atoms with E-state index in [2.05, 4.69) is 57.6 Å². The Morgan fingerprint density at radius 1 is 1.12 bits per heavy atom. The number of rotatable bonds is 5. The van der Waals surface area contributed by atoms with Crippen LogP contribution in [-0.2, 0) is 0 Å². The molecule has 3 heteroatoms. The molecule has 0 N–H and O–H groups in total. The quantitative estimate of drug-likeness (QED) is 0.722. The lowest BCUT2D eigenvalue weighted by Crippen LogP contribution is -2.45. The van der Waals surface area contributed by atoms with Crippen LogP contribution in [0.3, 0.4) is 0 Å². The Morgan fingerprint density at radius 2 is 1.71 bits per heavy atom. The first-order valence-corrected chi connectivity index (χ1v) is 6.35. The summed E-state index contributed by atoms with van der Waals surface area (Å²) < 4.78 is 5.29. The van der Waals surface area contributed by atoms with Gasteiger partial charge < -0.3 is 9.55 Å². The molecule has 0 heterocycles. The minimum atomic E-state index is 0.567. The number of hydrogen-bond donors (Lipinski definition) is 0. The lowest BCUT2D eigenvalue weighted by Gasteiger charge is -2.30. The number of hydrogen-bond acceptors (Lipinski definition) is 2. The third-order valence-corrected chi connectivity index (χ3v) is 3.15. The average Bonchev–Trinajstić information content (AvgIpc) is 2.25. The predicted molar refractivity (Wildman–Crippen MR) is 76.6 cm³/mol. The smallest absolute Gasteiger partial charge is 0.239 e. The van der Waals surface area contributed by atoms with Gasteiger partial charge in [0.1, 0.15) is 5.75 Å². The topological polar surface area (TPSA) is 12.5 Å². The van der Waals surface area contributed by atoms with Crippen molar-refractivity contribution < 1.29 is 4.74 Å². The maximum atomic E-state index is 5.29. The molecule has 0 aliphatic heterocycles. The van der Waals surface area contributed by atoms with Gasteiger partial charge in [0, 0.05) is 0 Å². The standard InChI is InChI=1S/C14H24BNO/c1-10(2)16(11(3)4)15-13-7-8-14(17-6)12(5)9-13/h7-11,15H,1-6H3. The summed E-state index contributed by atoms with van der Waals surface area (Å²) in [6.45, 7) is 11.1. The molecule has 0 saturated heterocycles. The van der Waals surface area contributed by atoms with Crippen LogP contribution in [0.15, 0.2) is 18.2 Å². The van der Waals surface area contributed by atoms with Crippen molar-refractivity contribution in [2.24, 2.45) is 0 Å². The molecule has 0 atom stereocenters. The van der Waals surface area contributed by atoms with Gasteiger partial charge in [-0.1, -0.05) is 45.3 Å². The summed E-state index contributed by atoms with van der Waals surface area (Å²) in [6, 6.07) is 7.57. The van der Waals surface area contributed by atoms with Crippen molar-refractivity contribution in [3.8, 4) is 5.75 Å². The third kappa shape index (κ3) is 3.77. The van der Waals surface area contributed by atoms with Crippen LogP contribution in [-0.4, -0.2) is 31.4 Å². The maximum absolute atomic E-state index is 5.29. The summed E-state index contributed by atoms with van der Waals surface area (Å²) in [6.07, 6.45) is 0. The van der Waals surface area contributed by atoms with Crippen LogP contribution >= 0.6 is 0 Å². The molecule has 0 aliphatic carbocycles. The van der Waals surface area contributed by atoms with Gasteiger partial charge in [-0.15, -0.1) is 0 Å². The van der Waals surface area contributed by atoms with Crippen molar-refractivity contribution in [1.29, 1.82) is 0 Å². The van der Waals surface area contributed by atoms with Crippen molar-refractivity contribution in [2.45, 2.75) is 46.7 Å². The third-order valence-electron chi connectivity index (χ3n) is 3.15. The molecule has 17 heavy (non-hydrogen) atoms. The molecule has 0 spiro atoms. The fourth-order valence-corrected chi connectivity index (χ4v) is 2.21. The van der Waals surface area contributed by atoms with Gasteiger partial charge in [-0.25, -0.2) is 0 Å². The molecule has 1 aromatic carbocycles. The van der Waals surface area contributed by atoms with Crippen molar-refractivity contribution in [3.63, 3.8) is 0 Å². The van der Waals surface area contributed by atoms with Gasteiger partial charge in [0.25, 0.3) is 0 Å². The number of ether oxygens (including phenoxy) is 1. The van der Waals surface area contributed by atoms with E-state index in [4.69, 9.17) is 4.74 Å². The van der Waals surface area contributed by atoms with Crippen molar-refractivity contribution in [2.75, 3.05) is 7.11 Å². The zero-order chi connectivity index (χ0) is 13.0. The van der Waals surface area contributed by atoms with Gasteiger partial charge in [-0.05, 0) is 30.6 Å². The Balaban J connectivity index is 2.83. The second-order valence-electron chi connectivity index (χ2n) is 5.16. The highest BCUT2D eigenvalue weighted by molar-refractivity contribution is 6.50. The highest BCUT2D eigenvalue weighted by Crippen LogP contribution is 2.14. The normalized spacial score (nSPS) is 11.4. The molecular formula is C14H24BNO. The van der Waals surface area contributed by atoms with Crippen molar-refractivity contribution in [3.05, 3.63) is 23.8 Å². The van der Waals surface area contributed by atoms with E-state index < -0.39 is 0 Å². The molecule has 0 amide bonds. The molecule has 2 nitrogen and oxygen atoms in total. The number of benzene rings is 1. The summed E-state index contributed by atoms with van der Waals surface area (Å²) in [5.41, 5.74) is 2.56. The molecule has 0 aliphatic rings. The second-order valence-corrected chi connectivity index (χ2v) is 5.16. The van der Waals surface area contributed by atoms with E-state index in [0.717, 1.165) is 13.2 Å². The number of nitrogens with zero attached hydrogens (tertiary/aromatic N) is 1. The van der Waals surface area contributed by atoms with Gasteiger partial charge in [-0.3, -0.25) is 0 Å². The minimum absolute atomic E-state index is 0.567. The highest BCUT2D eigenvalue weighted by Gasteiger charge is 2.15. The lowest BCUT2D eigenvalue weighted by molar-refractivity contribution is 0.315. The average molecular weight is 233 g/mol. The summed E-state index contributed by atoms with van der Waals surface area (Å²) >= 11 is 0. The van der Waals surface area contributed by atoms with E-state index >= 15 is 0 Å². The van der Waals surface area contributed by atoms with E-state index in [-0.39, 0.29) is 0 Å². The van der Waals surface area contributed by atoms with E-state index in [1.165, 1.54) is 11.0 Å². The Hall–Kier alpha value is -0.955. The van der Waals surface area contributed by atoms with Gasteiger partial charge in [0.2, 0.25) is 7.41 Å². The zero-order valence-corrected chi connectivity index (χ0v) is 11.9. The van der Waals surface area contributed by atoms with Crippen molar-refractivity contribution >= 4 is 12.9 Å². The molecule has 94 valence electrons. The molecule has 1 rings (SSSR count). The largest absolute Gasteiger partial charge is 0.496 e. The first kappa shape index (κ1) is 14.1. The van der Waals surface area contributed by atoms with E-state index in [1.54, 1.807) is 7.11 Å². The summed E-state index contributed by atoms with van der Waals surface area (Å²) in [4.78, 5) is 2.49. The Kier molecular flexibility index (Phi) is 5.07. The predicted octanol–water partition coefficient (Wildman–Crippen LogP) is 2.10. The number of aryl methyl sites for hydroxylation is 1. The van der Waals surface area contributed by atoms with E-state index in [0.29, 0.717) is 12.1 Å². The van der Waals surface area contributed by atoms with Crippen LogP contribution in [0.5, 0.6) is 5.75 Å². The van der Waals surface area contributed by atoms with Crippen LogP contribution in [0.4, 0.5) is 0 Å². The van der Waals surface area contributed by atoms with Gasteiger partial charge in [0.05, 0.1) is 7.11 Å². The molecule has 0 radical (unpaired) electrons. The lowest BCUT2D eigenvalue weighted by atomic mass is 9.77. The number of methoxy groups -OCH3 is 1. The fourth-order valence-electron chi connectivity index (χ4n) is 2.21. The van der Waals surface area contributed by atoms with Gasteiger partial charge in [-0.2, -0.15) is 0 Å². The van der Waals surface area contributed by atoms with Crippen molar-refractivity contribution in [1.82, 2.24) is 4.81 Å². The maximum Gasteiger partial charge on any atom is 0.239 e. The zero-order valence-electron chi connectivity index (χ0n) is 11.9. The van der Waals surface area contributed by atoms with E-state index in [9.17, 15) is 0 Å². The molecule has 0 bridgehead atoms. The Labute approximate surface area is 106 Å². The molecule has 0 saturated carbocycles. The van der Waals surface area contributed by atoms with E-state index in [1.807, 2.05) is 0 Å².